The first-order valence-corrected chi connectivity index (χ1v) is 5.11. The lowest BCUT2D eigenvalue weighted by atomic mass is 9.90. The predicted octanol–water partition coefficient (Wildman–Crippen LogP) is 1.70. The minimum atomic E-state index is -0.128. The van der Waals surface area contributed by atoms with Crippen LogP contribution >= 0.6 is 0 Å². The van der Waals surface area contributed by atoms with E-state index in [1.807, 2.05) is 6.07 Å². The maximum absolute atomic E-state index is 13.1. The van der Waals surface area contributed by atoms with Crippen molar-refractivity contribution in [1.29, 1.82) is 0 Å². The van der Waals surface area contributed by atoms with Gasteiger partial charge in [-0.3, -0.25) is 0 Å². The van der Waals surface area contributed by atoms with Gasteiger partial charge in [-0.1, -0.05) is 0 Å². The zero-order chi connectivity index (χ0) is 9.54. The summed E-state index contributed by atoms with van der Waals surface area (Å²) in [5, 5.41) is 6.81. The van der Waals surface area contributed by atoms with Gasteiger partial charge in [0.15, 0.2) is 0 Å². The molecule has 74 valence electrons. The van der Waals surface area contributed by atoms with Crippen LogP contribution in [0.2, 0.25) is 0 Å². The summed E-state index contributed by atoms with van der Waals surface area (Å²) in [5.41, 5.74) is 2.26. The van der Waals surface area contributed by atoms with Gasteiger partial charge in [-0.25, -0.2) is 4.39 Å². The Hall–Kier alpha value is -1.09. The fraction of sp³-hybridized carbons (Fsp3) is 0.455. The molecule has 0 amide bonds. The molecule has 14 heavy (non-hydrogen) atoms. The highest BCUT2D eigenvalue weighted by Crippen LogP contribution is 2.38. The SMILES string of the molecule is Fc1ccc2c(c1)[C@H]1CNCC[C@H]1N2. The normalized spacial score (nSPS) is 29.2. The molecule has 2 aliphatic rings. The van der Waals surface area contributed by atoms with Gasteiger partial charge < -0.3 is 10.6 Å². The van der Waals surface area contributed by atoms with Crippen LogP contribution in [0.3, 0.4) is 0 Å². The zero-order valence-corrected chi connectivity index (χ0v) is 7.89. The van der Waals surface area contributed by atoms with Crippen molar-refractivity contribution in [3.05, 3.63) is 29.6 Å². The molecule has 2 aliphatic heterocycles. The Kier molecular flexibility index (Phi) is 1.74. The lowest BCUT2D eigenvalue weighted by Gasteiger charge is -2.26. The quantitative estimate of drug-likeness (QED) is 0.653. The van der Waals surface area contributed by atoms with Crippen LogP contribution in [-0.4, -0.2) is 19.1 Å². The summed E-state index contributed by atoms with van der Waals surface area (Å²) in [6.45, 7) is 2.03. The van der Waals surface area contributed by atoms with Crippen LogP contribution < -0.4 is 10.6 Å². The number of hydrogen-bond acceptors (Lipinski definition) is 2. The highest BCUT2D eigenvalue weighted by molar-refractivity contribution is 5.59. The van der Waals surface area contributed by atoms with Gasteiger partial charge in [-0.15, -0.1) is 0 Å². The number of halogens is 1. The second-order valence-corrected chi connectivity index (χ2v) is 4.08. The number of anilines is 1. The molecule has 3 heteroatoms. The largest absolute Gasteiger partial charge is 0.381 e. The predicted molar refractivity (Wildman–Crippen MR) is 54.0 cm³/mol. The molecular formula is C11H13FN2. The Morgan fingerprint density at radius 3 is 3.21 bits per heavy atom. The van der Waals surface area contributed by atoms with Crippen LogP contribution in [0.25, 0.3) is 0 Å². The van der Waals surface area contributed by atoms with E-state index in [1.165, 1.54) is 6.07 Å². The highest BCUT2D eigenvalue weighted by atomic mass is 19.1. The summed E-state index contributed by atoms with van der Waals surface area (Å²) in [4.78, 5) is 0. The summed E-state index contributed by atoms with van der Waals surface area (Å²) in [6.07, 6.45) is 1.13. The Balaban J connectivity index is 2.02. The van der Waals surface area contributed by atoms with Gasteiger partial charge in [0.25, 0.3) is 0 Å². The third-order valence-electron chi connectivity index (χ3n) is 3.24. The van der Waals surface area contributed by atoms with Crippen molar-refractivity contribution in [3.63, 3.8) is 0 Å². The molecule has 0 radical (unpaired) electrons. The van der Waals surface area contributed by atoms with Gasteiger partial charge in [-0.05, 0) is 36.7 Å². The highest BCUT2D eigenvalue weighted by Gasteiger charge is 2.33. The van der Waals surface area contributed by atoms with Gasteiger partial charge in [0.05, 0.1) is 0 Å². The fourth-order valence-electron chi connectivity index (χ4n) is 2.53. The maximum Gasteiger partial charge on any atom is 0.123 e. The summed E-state index contributed by atoms with van der Waals surface area (Å²) in [6, 6.07) is 5.55. The number of nitrogens with one attached hydrogen (secondary N) is 2. The summed E-state index contributed by atoms with van der Waals surface area (Å²) >= 11 is 0. The van der Waals surface area contributed by atoms with Gasteiger partial charge in [0.1, 0.15) is 5.82 Å². The van der Waals surface area contributed by atoms with E-state index in [2.05, 4.69) is 10.6 Å². The first-order chi connectivity index (χ1) is 6.84. The number of fused-ring (bicyclic) bond motifs is 3. The molecule has 2 atom stereocenters. The minimum absolute atomic E-state index is 0.128. The monoisotopic (exact) mass is 192 g/mol. The molecule has 1 aromatic rings. The molecule has 0 spiro atoms. The average Bonchev–Trinajstić information content (AvgIpc) is 2.56. The molecule has 0 aliphatic carbocycles. The topological polar surface area (TPSA) is 24.1 Å². The van der Waals surface area contributed by atoms with E-state index in [9.17, 15) is 4.39 Å². The number of benzene rings is 1. The van der Waals surface area contributed by atoms with Crippen LogP contribution in [0.5, 0.6) is 0 Å². The maximum atomic E-state index is 13.1. The molecule has 2 N–H and O–H groups in total. The summed E-state index contributed by atoms with van der Waals surface area (Å²) in [7, 11) is 0. The molecule has 0 aromatic heterocycles. The van der Waals surface area contributed by atoms with Crippen LogP contribution in [0, 0.1) is 5.82 Å². The van der Waals surface area contributed by atoms with E-state index in [0.717, 1.165) is 30.8 Å². The second-order valence-electron chi connectivity index (χ2n) is 4.08. The van der Waals surface area contributed by atoms with Crippen molar-refractivity contribution in [2.24, 2.45) is 0 Å². The molecule has 0 bridgehead atoms. The molecule has 1 aromatic carbocycles. The van der Waals surface area contributed by atoms with Crippen molar-refractivity contribution < 1.29 is 4.39 Å². The van der Waals surface area contributed by atoms with Crippen molar-refractivity contribution in [1.82, 2.24) is 5.32 Å². The third kappa shape index (κ3) is 1.12. The first-order valence-electron chi connectivity index (χ1n) is 5.11. The van der Waals surface area contributed by atoms with Crippen LogP contribution in [0.15, 0.2) is 18.2 Å². The van der Waals surface area contributed by atoms with Gasteiger partial charge in [0, 0.05) is 24.2 Å². The third-order valence-corrected chi connectivity index (χ3v) is 3.24. The molecule has 0 saturated carbocycles. The van der Waals surface area contributed by atoms with E-state index < -0.39 is 0 Å². The lowest BCUT2D eigenvalue weighted by Crippen LogP contribution is -2.38. The van der Waals surface area contributed by atoms with E-state index in [-0.39, 0.29) is 5.82 Å². The number of hydrogen-bond donors (Lipinski definition) is 2. The molecule has 3 rings (SSSR count). The van der Waals surface area contributed by atoms with Crippen molar-refractivity contribution in [2.45, 2.75) is 18.4 Å². The van der Waals surface area contributed by atoms with E-state index in [4.69, 9.17) is 0 Å². The second kappa shape index (κ2) is 2.95. The molecular weight excluding hydrogens is 179 g/mol. The Bertz CT molecular complexity index is 364. The molecule has 0 unspecified atom stereocenters. The molecule has 1 fully saturated rings. The van der Waals surface area contributed by atoms with Gasteiger partial charge in [-0.2, -0.15) is 0 Å². The van der Waals surface area contributed by atoms with Crippen LogP contribution in [0.4, 0.5) is 10.1 Å². The Morgan fingerprint density at radius 2 is 2.29 bits per heavy atom. The van der Waals surface area contributed by atoms with E-state index >= 15 is 0 Å². The summed E-state index contributed by atoms with van der Waals surface area (Å²) in [5.74, 6) is 0.325. The average molecular weight is 192 g/mol. The zero-order valence-electron chi connectivity index (χ0n) is 7.89. The molecule has 2 nitrogen and oxygen atoms in total. The van der Waals surface area contributed by atoms with E-state index in [0.29, 0.717) is 12.0 Å². The number of rotatable bonds is 0. The molecule has 1 saturated heterocycles. The first kappa shape index (κ1) is 8.24. The van der Waals surface area contributed by atoms with Crippen molar-refractivity contribution in [2.75, 3.05) is 18.4 Å². The van der Waals surface area contributed by atoms with Crippen molar-refractivity contribution >= 4 is 5.69 Å². The van der Waals surface area contributed by atoms with Gasteiger partial charge >= 0.3 is 0 Å². The van der Waals surface area contributed by atoms with E-state index in [1.54, 1.807) is 6.07 Å². The fourth-order valence-corrected chi connectivity index (χ4v) is 2.53. The Morgan fingerprint density at radius 1 is 1.36 bits per heavy atom. The summed E-state index contributed by atoms with van der Waals surface area (Å²) < 4.78 is 13.1. The van der Waals surface area contributed by atoms with Gasteiger partial charge in [0.2, 0.25) is 0 Å². The number of piperidine rings is 1. The minimum Gasteiger partial charge on any atom is -0.381 e. The van der Waals surface area contributed by atoms with Crippen molar-refractivity contribution in [3.8, 4) is 0 Å². The van der Waals surface area contributed by atoms with Crippen LogP contribution in [0.1, 0.15) is 17.9 Å². The smallest absolute Gasteiger partial charge is 0.123 e. The van der Waals surface area contributed by atoms with Crippen LogP contribution in [-0.2, 0) is 0 Å². The Labute approximate surface area is 82.5 Å². The lowest BCUT2D eigenvalue weighted by molar-refractivity contribution is 0.439. The molecule has 2 heterocycles. The standard InChI is InChI=1S/C11H13FN2/c12-7-1-2-10-8(5-7)9-6-13-4-3-11(9)14-10/h1-2,5,9,11,13-14H,3-4,6H2/t9-,11-/m1/s1.